The molecule has 0 saturated heterocycles. The Labute approximate surface area is 124 Å². The molecule has 0 fully saturated rings. The highest BCUT2D eigenvalue weighted by Crippen LogP contribution is 2.27. The predicted molar refractivity (Wildman–Crippen MR) is 80.7 cm³/mol. The van der Waals surface area contributed by atoms with E-state index in [0.717, 1.165) is 0 Å². The van der Waals surface area contributed by atoms with Gasteiger partial charge in [0.2, 0.25) is 15.9 Å². The number of sulfonamides is 1. The number of carbonyl (C=O) groups is 1. The maximum Gasteiger partial charge on any atom is 0.240 e. The first-order valence-electron chi connectivity index (χ1n) is 6.21. The van der Waals surface area contributed by atoms with Crippen molar-refractivity contribution in [3.63, 3.8) is 0 Å². The van der Waals surface area contributed by atoms with Crippen LogP contribution in [0.25, 0.3) is 0 Å². The third kappa shape index (κ3) is 5.18. The Kier molecular flexibility index (Phi) is 6.35. The van der Waals surface area contributed by atoms with Crippen LogP contribution in [0.15, 0.2) is 35.2 Å². The van der Waals surface area contributed by atoms with Crippen LogP contribution < -0.4 is 20.5 Å². The van der Waals surface area contributed by atoms with Crippen molar-refractivity contribution >= 4 is 21.6 Å². The van der Waals surface area contributed by atoms with Gasteiger partial charge in [0.1, 0.15) is 5.75 Å². The number of ether oxygens (including phenoxy) is 1. The van der Waals surface area contributed by atoms with Crippen LogP contribution in [0.5, 0.6) is 5.75 Å². The highest BCUT2D eigenvalue weighted by Gasteiger charge is 2.16. The van der Waals surface area contributed by atoms with E-state index in [0.29, 0.717) is 18.0 Å². The van der Waals surface area contributed by atoms with Crippen molar-refractivity contribution in [1.82, 2.24) is 4.72 Å². The number of rotatable bonds is 7. The van der Waals surface area contributed by atoms with Crippen molar-refractivity contribution < 1.29 is 17.9 Å². The Morgan fingerprint density at radius 2 is 2.10 bits per heavy atom. The third-order valence-electron chi connectivity index (χ3n) is 2.49. The van der Waals surface area contributed by atoms with Gasteiger partial charge >= 0.3 is 0 Å². The van der Waals surface area contributed by atoms with Gasteiger partial charge in [-0.3, -0.25) is 4.79 Å². The Morgan fingerprint density at radius 1 is 1.38 bits per heavy atom. The molecule has 116 valence electrons. The Hall–Kier alpha value is -1.90. The van der Waals surface area contributed by atoms with Gasteiger partial charge in [-0.05, 0) is 18.2 Å². The summed E-state index contributed by atoms with van der Waals surface area (Å²) in [5, 5.41) is 2.53. The summed E-state index contributed by atoms with van der Waals surface area (Å²) >= 11 is 0. The summed E-state index contributed by atoms with van der Waals surface area (Å²) in [6, 6.07) is 4.23. The highest BCUT2D eigenvalue weighted by atomic mass is 32.2. The lowest BCUT2D eigenvalue weighted by atomic mass is 10.3. The van der Waals surface area contributed by atoms with Gasteiger partial charge in [-0.1, -0.05) is 12.2 Å². The fourth-order valence-corrected chi connectivity index (χ4v) is 2.56. The first-order valence-corrected chi connectivity index (χ1v) is 7.69. The topological polar surface area (TPSA) is 111 Å². The van der Waals surface area contributed by atoms with Crippen LogP contribution in [0.3, 0.4) is 0 Å². The number of benzene rings is 1. The van der Waals surface area contributed by atoms with Crippen LogP contribution in [0, 0.1) is 0 Å². The summed E-state index contributed by atoms with van der Waals surface area (Å²) in [5.41, 5.74) is 5.57. The molecule has 7 nitrogen and oxygen atoms in total. The summed E-state index contributed by atoms with van der Waals surface area (Å²) < 4.78 is 31.7. The van der Waals surface area contributed by atoms with Gasteiger partial charge in [0, 0.05) is 20.0 Å². The van der Waals surface area contributed by atoms with E-state index in [1.807, 2.05) is 0 Å². The molecule has 1 rings (SSSR count). The number of methoxy groups -OCH3 is 1. The molecular weight excluding hydrogens is 294 g/mol. The van der Waals surface area contributed by atoms with Gasteiger partial charge in [0.15, 0.2) is 0 Å². The number of anilines is 1. The van der Waals surface area contributed by atoms with Crippen LogP contribution in [0.1, 0.15) is 6.92 Å². The van der Waals surface area contributed by atoms with Crippen molar-refractivity contribution in [3.8, 4) is 5.75 Å². The standard InChI is InChI=1S/C13H19N3O4S/c1-10(17)16-12-9-11(5-6-13(12)20-2)21(18,19)15-8-4-3-7-14/h3-6,9,15H,7-8,14H2,1-2H3,(H,16,17)/b4-3+. The second kappa shape index (κ2) is 7.77. The second-order valence-electron chi connectivity index (χ2n) is 4.10. The zero-order chi connectivity index (χ0) is 15.9. The minimum atomic E-state index is -3.67. The van der Waals surface area contributed by atoms with Crippen LogP contribution in [-0.4, -0.2) is 34.5 Å². The molecule has 0 saturated carbocycles. The fraction of sp³-hybridized carbons (Fsp3) is 0.308. The summed E-state index contributed by atoms with van der Waals surface area (Å²) in [6.07, 6.45) is 3.27. The number of nitrogens with one attached hydrogen (secondary N) is 2. The van der Waals surface area contributed by atoms with Crippen LogP contribution >= 0.6 is 0 Å². The van der Waals surface area contributed by atoms with Crippen molar-refractivity contribution in [2.45, 2.75) is 11.8 Å². The van der Waals surface area contributed by atoms with Gasteiger partial charge in [0.25, 0.3) is 0 Å². The number of carbonyl (C=O) groups excluding carboxylic acids is 1. The van der Waals surface area contributed by atoms with Crippen molar-refractivity contribution in [2.75, 3.05) is 25.5 Å². The average molecular weight is 313 g/mol. The van der Waals surface area contributed by atoms with Crippen molar-refractivity contribution in [2.24, 2.45) is 5.73 Å². The van der Waals surface area contributed by atoms with Gasteiger partial charge in [0.05, 0.1) is 17.7 Å². The molecule has 0 atom stereocenters. The molecule has 0 heterocycles. The Balaban J connectivity index is 3.01. The largest absolute Gasteiger partial charge is 0.495 e. The first-order chi connectivity index (χ1) is 9.90. The molecule has 0 aliphatic heterocycles. The van der Waals surface area contributed by atoms with Gasteiger partial charge < -0.3 is 15.8 Å². The first kappa shape index (κ1) is 17.2. The third-order valence-corrected chi connectivity index (χ3v) is 3.91. The molecule has 1 aromatic carbocycles. The molecule has 1 amide bonds. The lowest BCUT2D eigenvalue weighted by Crippen LogP contribution is -2.24. The normalized spacial score (nSPS) is 11.6. The predicted octanol–water partition coefficient (Wildman–Crippen LogP) is 0.447. The van der Waals surface area contributed by atoms with Crippen LogP contribution in [0.2, 0.25) is 0 Å². The molecule has 0 spiro atoms. The van der Waals surface area contributed by atoms with Gasteiger partial charge in [-0.2, -0.15) is 0 Å². The molecular formula is C13H19N3O4S. The van der Waals surface area contributed by atoms with Crippen LogP contribution in [0.4, 0.5) is 5.69 Å². The fourth-order valence-electron chi connectivity index (χ4n) is 1.56. The summed E-state index contributed by atoms with van der Waals surface area (Å²) in [5.74, 6) is 0.0638. The van der Waals surface area contributed by atoms with E-state index in [1.54, 1.807) is 12.2 Å². The van der Waals surface area contributed by atoms with Crippen LogP contribution in [-0.2, 0) is 14.8 Å². The highest BCUT2D eigenvalue weighted by molar-refractivity contribution is 7.89. The molecule has 0 aliphatic rings. The molecule has 4 N–H and O–H groups in total. The molecule has 0 aliphatic carbocycles. The average Bonchev–Trinajstić information content (AvgIpc) is 2.43. The molecule has 8 heteroatoms. The van der Waals surface area contributed by atoms with Crippen molar-refractivity contribution in [3.05, 3.63) is 30.4 Å². The summed E-state index contributed by atoms with van der Waals surface area (Å²) in [4.78, 5) is 11.2. The lowest BCUT2D eigenvalue weighted by Gasteiger charge is -2.11. The van der Waals surface area contributed by atoms with Gasteiger partial charge in [-0.25, -0.2) is 13.1 Å². The second-order valence-corrected chi connectivity index (χ2v) is 5.87. The van der Waals surface area contributed by atoms with E-state index in [1.165, 1.54) is 32.2 Å². The molecule has 0 bridgehead atoms. The molecule has 0 radical (unpaired) electrons. The SMILES string of the molecule is COc1ccc(S(=O)(=O)NC/C=C/CN)cc1NC(C)=O. The monoisotopic (exact) mass is 313 g/mol. The summed E-state index contributed by atoms with van der Waals surface area (Å²) in [6.45, 7) is 1.81. The molecule has 21 heavy (non-hydrogen) atoms. The van der Waals surface area contributed by atoms with Gasteiger partial charge in [-0.15, -0.1) is 0 Å². The van der Waals surface area contributed by atoms with E-state index < -0.39 is 10.0 Å². The number of hydrogen-bond acceptors (Lipinski definition) is 5. The van der Waals surface area contributed by atoms with E-state index in [9.17, 15) is 13.2 Å². The molecule has 0 aromatic heterocycles. The zero-order valence-electron chi connectivity index (χ0n) is 11.9. The quantitative estimate of drug-likeness (QED) is 0.633. The van der Waals surface area contributed by atoms with E-state index in [2.05, 4.69) is 10.0 Å². The maximum absolute atomic E-state index is 12.1. The number of amides is 1. The smallest absolute Gasteiger partial charge is 0.240 e. The molecule has 1 aromatic rings. The maximum atomic E-state index is 12.1. The van der Waals surface area contributed by atoms with Crippen molar-refractivity contribution in [1.29, 1.82) is 0 Å². The zero-order valence-corrected chi connectivity index (χ0v) is 12.7. The number of nitrogens with two attached hydrogens (primary N) is 1. The Morgan fingerprint density at radius 3 is 2.67 bits per heavy atom. The Bertz CT molecular complexity index is 626. The lowest BCUT2D eigenvalue weighted by molar-refractivity contribution is -0.114. The molecule has 0 unspecified atom stereocenters. The van der Waals surface area contributed by atoms with E-state index in [-0.39, 0.29) is 17.3 Å². The number of hydrogen-bond donors (Lipinski definition) is 3. The minimum Gasteiger partial charge on any atom is -0.495 e. The van der Waals surface area contributed by atoms with E-state index >= 15 is 0 Å². The van der Waals surface area contributed by atoms with E-state index in [4.69, 9.17) is 10.5 Å². The minimum absolute atomic E-state index is 0.0354. The summed E-state index contributed by atoms with van der Waals surface area (Å²) in [7, 11) is -2.24.